The number of benzene rings is 1. The summed E-state index contributed by atoms with van der Waals surface area (Å²) in [6.07, 6.45) is 0.252. The van der Waals surface area contributed by atoms with Gasteiger partial charge in [-0.05, 0) is 25.1 Å². The highest BCUT2D eigenvalue weighted by molar-refractivity contribution is 6.31. The van der Waals surface area contributed by atoms with E-state index in [9.17, 15) is 9.90 Å². The van der Waals surface area contributed by atoms with Crippen molar-refractivity contribution in [2.75, 3.05) is 13.2 Å². The van der Waals surface area contributed by atoms with Crippen LogP contribution in [0.4, 0.5) is 0 Å². The van der Waals surface area contributed by atoms with Crippen LogP contribution in [0.5, 0.6) is 5.75 Å². The predicted octanol–water partition coefficient (Wildman–Crippen LogP) is 2.65. The summed E-state index contributed by atoms with van der Waals surface area (Å²) in [4.78, 5) is 11.6. The fourth-order valence-electron chi connectivity index (χ4n) is 1.18. The topological polar surface area (TPSA) is 46.5 Å². The fraction of sp³-hybridized carbons (Fsp3) is 0.364. The van der Waals surface area contributed by atoms with Gasteiger partial charge in [-0.1, -0.05) is 11.6 Å². The molecule has 0 aliphatic rings. The predicted molar refractivity (Wildman–Crippen MR) is 58.6 cm³/mol. The number of carbonyl (C=O) groups excluding carboxylic acids is 1. The molecule has 0 bridgehead atoms. The second-order valence-corrected chi connectivity index (χ2v) is 3.47. The van der Waals surface area contributed by atoms with E-state index in [0.717, 1.165) is 0 Å². The maximum absolute atomic E-state index is 11.6. The van der Waals surface area contributed by atoms with E-state index in [4.69, 9.17) is 16.3 Å². The molecule has 0 spiro atoms. The molecule has 0 aliphatic carbocycles. The minimum atomic E-state index is -0.163. The highest BCUT2D eigenvalue weighted by atomic mass is 35.5. The van der Waals surface area contributed by atoms with Gasteiger partial charge in [0.1, 0.15) is 5.75 Å². The number of rotatable bonds is 5. The molecule has 0 saturated heterocycles. The minimum Gasteiger partial charge on any atom is -0.507 e. The van der Waals surface area contributed by atoms with E-state index in [1.807, 2.05) is 6.92 Å². The van der Waals surface area contributed by atoms with Gasteiger partial charge in [0.2, 0.25) is 0 Å². The SMILES string of the molecule is CCOCCC(=O)c1cc(Cl)ccc1O. The first-order valence-corrected chi connectivity index (χ1v) is 5.12. The van der Waals surface area contributed by atoms with Gasteiger partial charge in [-0.15, -0.1) is 0 Å². The van der Waals surface area contributed by atoms with Gasteiger partial charge >= 0.3 is 0 Å². The first-order valence-electron chi connectivity index (χ1n) is 4.74. The van der Waals surface area contributed by atoms with Crippen LogP contribution in [-0.4, -0.2) is 24.1 Å². The van der Waals surface area contributed by atoms with Crippen LogP contribution in [-0.2, 0) is 4.74 Å². The van der Waals surface area contributed by atoms with Crippen LogP contribution >= 0.6 is 11.6 Å². The van der Waals surface area contributed by atoms with Crippen LogP contribution in [0, 0.1) is 0 Å². The van der Waals surface area contributed by atoms with Crippen LogP contribution in [0.2, 0.25) is 5.02 Å². The van der Waals surface area contributed by atoms with Crippen molar-refractivity contribution in [3.8, 4) is 5.75 Å². The lowest BCUT2D eigenvalue weighted by Gasteiger charge is -2.04. The first kappa shape index (κ1) is 12.0. The number of carbonyl (C=O) groups is 1. The van der Waals surface area contributed by atoms with Gasteiger partial charge in [-0.3, -0.25) is 4.79 Å². The van der Waals surface area contributed by atoms with Crippen molar-refractivity contribution in [2.45, 2.75) is 13.3 Å². The van der Waals surface area contributed by atoms with Crippen molar-refractivity contribution in [3.63, 3.8) is 0 Å². The van der Waals surface area contributed by atoms with Gasteiger partial charge in [-0.2, -0.15) is 0 Å². The normalized spacial score (nSPS) is 10.3. The molecule has 0 aromatic heterocycles. The number of halogens is 1. The molecule has 3 nitrogen and oxygen atoms in total. The lowest BCUT2D eigenvalue weighted by Crippen LogP contribution is -2.05. The van der Waals surface area contributed by atoms with E-state index in [-0.39, 0.29) is 23.5 Å². The Morgan fingerprint density at radius 3 is 2.93 bits per heavy atom. The van der Waals surface area contributed by atoms with Crippen molar-refractivity contribution < 1.29 is 14.6 Å². The molecule has 1 aromatic rings. The molecule has 0 heterocycles. The van der Waals surface area contributed by atoms with Crippen LogP contribution in [0.15, 0.2) is 18.2 Å². The highest BCUT2D eigenvalue weighted by Gasteiger charge is 2.11. The van der Waals surface area contributed by atoms with Gasteiger partial charge < -0.3 is 9.84 Å². The molecular formula is C11H13ClO3. The highest BCUT2D eigenvalue weighted by Crippen LogP contribution is 2.22. The number of phenolic OH excluding ortho intramolecular Hbond substituents is 1. The Morgan fingerprint density at radius 2 is 2.27 bits per heavy atom. The lowest BCUT2D eigenvalue weighted by atomic mass is 10.1. The van der Waals surface area contributed by atoms with E-state index < -0.39 is 0 Å². The molecule has 1 aromatic carbocycles. The summed E-state index contributed by atoms with van der Waals surface area (Å²) in [7, 11) is 0. The van der Waals surface area contributed by atoms with Crippen LogP contribution in [0.1, 0.15) is 23.7 Å². The molecule has 0 fully saturated rings. The zero-order valence-corrected chi connectivity index (χ0v) is 9.25. The number of ether oxygens (including phenoxy) is 1. The molecule has 4 heteroatoms. The maximum atomic E-state index is 11.6. The summed E-state index contributed by atoms with van der Waals surface area (Å²) in [5.41, 5.74) is 0.252. The summed E-state index contributed by atoms with van der Waals surface area (Å²) < 4.78 is 5.06. The molecule has 0 amide bonds. The van der Waals surface area contributed by atoms with Gasteiger partial charge in [0.15, 0.2) is 5.78 Å². The van der Waals surface area contributed by atoms with E-state index >= 15 is 0 Å². The molecule has 0 radical (unpaired) electrons. The van der Waals surface area contributed by atoms with E-state index in [1.54, 1.807) is 0 Å². The number of Topliss-reactive ketones (excluding diaryl/α,β-unsaturated/α-hetero) is 1. The van der Waals surface area contributed by atoms with Crippen LogP contribution in [0.25, 0.3) is 0 Å². The number of aromatic hydroxyl groups is 1. The molecule has 82 valence electrons. The van der Waals surface area contributed by atoms with Crippen molar-refractivity contribution in [2.24, 2.45) is 0 Å². The Bertz CT molecular complexity index is 350. The molecule has 0 aliphatic heterocycles. The average Bonchev–Trinajstić information content (AvgIpc) is 2.22. The zero-order chi connectivity index (χ0) is 11.3. The van der Waals surface area contributed by atoms with E-state index in [1.165, 1.54) is 18.2 Å². The summed E-state index contributed by atoms with van der Waals surface area (Å²) in [6.45, 7) is 2.80. The molecule has 0 saturated carbocycles. The van der Waals surface area contributed by atoms with Gasteiger partial charge in [0, 0.05) is 18.1 Å². The van der Waals surface area contributed by atoms with E-state index in [0.29, 0.717) is 18.2 Å². The Morgan fingerprint density at radius 1 is 1.53 bits per heavy atom. The summed E-state index contributed by atoms with van der Waals surface area (Å²) >= 11 is 5.73. The third kappa shape index (κ3) is 3.53. The molecule has 1 N–H and O–H groups in total. The molecule has 0 unspecified atom stereocenters. The van der Waals surface area contributed by atoms with Gasteiger partial charge in [0.25, 0.3) is 0 Å². The number of hydrogen-bond donors (Lipinski definition) is 1. The standard InChI is InChI=1S/C11H13ClO3/c1-2-15-6-5-11(14)9-7-8(12)3-4-10(9)13/h3-4,7,13H,2,5-6H2,1H3. The Kier molecular flexibility index (Phi) is 4.59. The van der Waals surface area contributed by atoms with Gasteiger partial charge in [-0.25, -0.2) is 0 Å². The monoisotopic (exact) mass is 228 g/mol. The smallest absolute Gasteiger partial charge is 0.168 e. The third-order valence-corrected chi connectivity index (χ3v) is 2.17. The summed E-state index contributed by atoms with van der Waals surface area (Å²) in [6, 6.07) is 4.41. The van der Waals surface area contributed by atoms with Crippen LogP contribution in [0.3, 0.4) is 0 Å². The first-order chi connectivity index (χ1) is 7.15. The largest absolute Gasteiger partial charge is 0.507 e. The fourth-order valence-corrected chi connectivity index (χ4v) is 1.35. The lowest BCUT2D eigenvalue weighted by molar-refractivity contribution is 0.0893. The van der Waals surface area contributed by atoms with Crippen molar-refractivity contribution in [1.82, 2.24) is 0 Å². The Hall–Kier alpha value is -1.06. The number of ketones is 1. The molecule has 15 heavy (non-hydrogen) atoms. The third-order valence-electron chi connectivity index (χ3n) is 1.94. The second-order valence-electron chi connectivity index (χ2n) is 3.03. The Balaban J connectivity index is 2.68. The average molecular weight is 229 g/mol. The number of hydrogen-bond acceptors (Lipinski definition) is 3. The maximum Gasteiger partial charge on any atom is 0.168 e. The molecule has 1 rings (SSSR count). The molecular weight excluding hydrogens is 216 g/mol. The minimum absolute atomic E-state index is 0.0408. The van der Waals surface area contributed by atoms with Crippen LogP contribution < -0.4 is 0 Å². The molecule has 0 atom stereocenters. The zero-order valence-electron chi connectivity index (χ0n) is 8.50. The van der Waals surface area contributed by atoms with Crippen molar-refractivity contribution in [3.05, 3.63) is 28.8 Å². The van der Waals surface area contributed by atoms with Gasteiger partial charge in [0.05, 0.1) is 12.2 Å². The van der Waals surface area contributed by atoms with E-state index in [2.05, 4.69) is 0 Å². The Labute approximate surface area is 93.6 Å². The summed E-state index contributed by atoms with van der Waals surface area (Å²) in [5, 5.41) is 9.88. The summed E-state index contributed by atoms with van der Waals surface area (Å²) in [5.74, 6) is -0.204. The second kappa shape index (κ2) is 5.73. The number of phenols is 1. The quantitative estimate of drug-likeness (QED) is 0.623. The van der Waals surface area contributed by atoms with Crippen molar-refractivity contribution >= 4 is 17.4 Å². The van der Waals surface area contributed by atoms with Crippen molar-refractivity contribution in [1.29, 1.82) is 0 Å².